The molecule has 2 aromatic heterocycles. The standard InChI is InChI=1S/C24H26N4OS/c29-24(28-15-12-20(17-28)18-5-2-1-3-6-18)19-10-13-27(14-11-19)23-9-8-21(25-26-23)22-7-4-16-30-22/h1-9,16,19-20H,10-15,17H2. The van der Waals surface area contributed by atoms with Gasteiger partial charge in [0.05, 0.1) is 4.88 Å². The molecule has 30 heavy (non-hydrogen) atoms. The number of carbonyl (C=O) groups is 1. The number of likely N-dealkylation sites (tertiary alicyclic amines) is 1. The molecule has 1 atom stereocenters. The largest absolute Gasteiger partial charge is 0.355 e. The Kier molecular flexibility index (Phi) is 5.49. The van der Waals surface area contributed by atoms with E-state index in [1.807, 2.05) is 12.1 Å². The van der Waals surface area contributed by atoms with Crippen molar-refractivity contribution < 1.29 is 4.79 Å². The summed E-state index contributed by atoms with van der Waals surface area (Å²) in [5.74, 6) is 1.86. The average Bonchev–Trinajstić information content (AvgIpc) is 3.52. The van der Waals surface area contributed by atoms with Crippen molar-refractivity contribution in [2.24, 2.45) is 5.92 Å². The van der Waals surface area contributed by atoms with Gasteiger partial charge in [-0.05, 0) is 48.4 Å². The number of aromatic nitrogens is 2. The molecule has 2 aliphatic heterocycles. The quantitative estimate of drug-likeness (QED) is 0.629. The van der Waals surface area contributed by atoms with Crippen LogP contribution in [0, 0.1) is 5.92 Å². The van der Waals surface area contributed by atoms with E-state index in [4.69, 9.17) is 0 Å². The molecule has 4 heterocycles. The van der Waals surface area contributed by atoms with Gasteiger partial charge in [0.25, 0.3) is 0 Å². The molecule has 6 heteroatoms. The van der Waals surface area contributed by atoms with E-state index in [0.29, 0.717) is 11.8 Å². The summed E-state index contributed by atoms with van der Waals surface area (Å²) < 4.78 is 0. The number of hydrogen-bond acceptors (Lipinski definition) is 5. The second-order valence-corrected chi connectivity index (χ2v) is 9.14. The summed E-state index contributed by atoms with van der Waals surface area (Å²) in [6.45, 7) is 3.46. The van der Waals surface area contributed by atoms with Crippen LogP contribution in [0.1, 0.15) is 30.7 Å². The van der Waals surface area contributed by atoms with E-state index in [-0.39, 0.29) is 5.92 Å². The molecule has 0 saturated carbocycles. The van der Waals surface area contributed by atoms with Gasteiger partial charge in [0.15, 0.2) is 5.82 Å². The summed E-state index contributed by atoms with van der Waals surface area (Å²) >= 11 is 1.67. The topological polar surface area (TPSA) is 49.3 Å². The van der Waals surface area contributed by atoms with Gasteiger partial charge in [-0.2, -0.15) is 0 Å². The summed E-state index contributed by atoms with van der Waals surface area (Å²) in [7, 11) is 0. The zero-order valence-electron chi connectivity index (χ0n) is 17.0. The van der Waals surface area contributed by atoms with E-state index in [1.54, 1.807) is 11.3 Å². The third kappa shape index (κ3) is 3.97. The molecular weight excluding hydrogens is 392 g/mol. The van der Waals surface area contributed by atoms with Gasteiger partial charge in [-0.15, -0.1) is 21.5 Å². The summed E-state index contributed by atoms with van der Waals surface area (Å²) in [6.07, 6.45) is 2.85. The van der Waals surface area contributed by atoms with E-state index >= 15 is 0 Å². The molecule has 1 amide bonds. The molecule has 2 fully saturated rings. The number of amides is 1. The van der Waals surface area contributed by atoms with Gasteiger partial charge in [0, 0.05) is 38.0 Å². The Labute approximate surface area is 181 Å². The van der Waals surface area contributed by atoms with E-state index in [9.17, 15) is 4.79 Å². The highest BCUT2D eigenvalue weighted by molar-refractivity contribution is 7.13. The molecule has 0 radical (unpaired) electrons. The Hall–Kier alpha value is -2.73. The molecule has 1 unspecified atom stereocenters. The van der Waals surface area contributed by atoms with Gasteiger partial charge in [-0.3, -0.25) is 4.79 Å². The van der Waals surface area contributed by atoms with Gasteiger partial charge < -0.3 is 9.80 Å². The molecule has 3 aromatic rings. The number of thiophene rings is 1. The number of piperidine rings is 1. The number of nitrogens with zero attached hydrogens (tertiary/aromatic N) is 4. The van der Waals surface area contributed by atoms with Crippen LogP contribution in [0.4, 0.5) is 5.82 Å². The highest BCUT2D eigenvalue weighted by Crippen LogP contribution is 2.31. The van der Waals surface area contributed by atoms with Crippen molar-refractivity contribution in [3.05, 3.63) is 65.5 Å². The minimum absolute atomic E-state index is 0.133. The Bertz CT molecular complexity index is 966. The van der Waals surface area contributed by atoms with Crippen molar-refractivity contribution >= 4 is 23.1 Å². The maximum absolute atomic E-state index is 13.1. The van der Waals surface area contributed by atoms with Gasteiger partial charge in [-0.25, -0.2) is 0 Å². The Morgan fingerprint density at radius 1 is 0.900 bits per heavy atom. The Morgan fingerprint density at radius 3 is 2.43 bits per heavy atom. The van der Waals surface area contributed by atoms with Crippen LogP contribution in [-0.2, 0) is 4.79 Å². The lowest BCUT2D eigenvalue weighted by Crippen LogP contribution is -2.42. The lowest BCUT2D eigenvalue weighted by atomic mass is 9.95. The van der Waals surface area contributed by atoms with Gasteiger partial charge in [0.2, 0.25) is 5.91 Å². The van der Waals surface area contributed by atoms with Crippen molar-refractivity contribution in [1.82, 2.24) is 15.1 Å². The SMILES string of the molecule is O=C(C1CCN(c2ccc(-c3cccs3)nn2)CC1)N1CCC(c2ccccc2)C1. The first-order valence-corrected chi connectivity index (χ1v) is 11.6. The van der Waals surface area contributed by atoms with Crippen LogP contribution in [0.2, 0.25) is 0 Å². The van der Waals surface area contributed by atoms with Crippen LogP contribution >= 0.6 is 11.3 Å². The normalized spacial score (nSPS) is 19.9. The highest BCUT2D eigenvalue weighted by Gasteiger charge is 2.33. The number of rotatable bonds is 4. The lowest BCUT2D eigenvalue weighted by molar-refractivity contribution is -0.135. The number of carbonyl (C=O) groups excluding carboxylic acids is 1. The van der Waals surface area contributed by atoms with Crippen molar-refractivity contribution in [2.45, 2.75) is 25.2 Å². The van der Waals surface area contributed by atoms with Crippen LogP contribution < -0.4 is 4.90 Å². The molecule has 0 aliphatic carbocycles. The van der Waals surface area contributed by atoms with Crippen molar-refractivity contribution in [3.63, 3.8) is 0 Å². The maximum atomic E-state index is 13.1. The molecule has 2 aliphatic rings. The van der Waals surface area contributed by atoms with E-state index in [0.717, 1.165) is 61.8 Å². The van der Waals surface area contributed by atoms with Crippen LogP contribution in [0.15, 0.2) is 60.0 Å². The smallest absolute Gasteiger partial charge is 0.225 e. The third-order valence-corrected chi connectivity index (χ3v) is 7.26. The first-order chi connectivity index (χ1) is 14.8. The second kappa shape index (κ2) is 8.56. The predicted octanol–water partition coefficient (Wildman–Crippen LogP) is 4.44. The fourth-order valence-electron chi connectivity index (χ4n) is 4.62. The van der Waals surface area contributed by atoms with E-state index in [1.165, 1.54) is 5.56 Å². The fraction of sp³-hybridized carbons (Fsp3) is 0.375. The minimum atomic E-state index is 0.133. The summed E-state index contributed by atoms with van der Waals surface area (Å²) in [4.78, 5) is 18.6. The molecule has 0 bridgehead atoms. The average molecular weight is 419 g/mol. The van der Waals surface area contributed by atoms with Gasteiger partial charge >= 0.3 is 0 Å². The Balaban J connectivity index is 1.16. The number of benzene rings is 1. The molecule has 5 rings (SSSR count). The first-order valence-electron chi connectivity index (χ1n) is 10.7. The van der Waals surface area contributed by atoms with Crippen molar-refractivity contribution in [2.75, 3.05) is 31.1 Å². The molecule has 0 spiro atoms. The predicted molar refractivity (Wildman–Crippen MR) is 121 cm³/mol. The monoisotopic (exact) mass is 418 g/mol. The first kappa shape index (κ1) is 19.2. The molecule has 0 N–H and O–H groups in total. The molecule has 154 valence electrons. The molecule has 5 nitrogen and oxygen atoms in total. The summed E-state index contributed by atoms with van der Waals surface area (Å²) in [6, 6.07) is 18.8. The lowest BCUT2D eigenvalue weighted by Gasteiger charge is -2.33. The maximum Gasteiger partial charge on any atom is 0.225 e. The van der Waals surface area contributed by atoms with Gasteiger partial charge in [0.1, 0.15) is 5.69 Å². The van der Waals surface area contributed by atoms with Crippen LogP contribution in [0.25, 0.3) is 10.6 Å². The van der Waals surface area contributed by atoms with Gasteiger partial charge in [-0.1, -0.05) is 36.4 Å². The van der Waals surface area contributed by atoms with E-state index < -0.39 is 0 Å². The third-order valence-electron chi connectivity index (χ3n) is 6.36. The summed E-state index contributed by atoms with van der Waals surface area (Å²) in [5, 5.41) is 10.9. The number of anilines is 1. The van der Waals surface area contributed by atoms with Crippen LogP contribution in [-0.4, -0.2) is 47.2 Å². The van der Waals surface area contributed by atoms with Crippen LogP contribution in [0.3, 0.4) is 0 Å². The Morgan fingerprint density at radius 2 is 1.73 bits per heavy atom. The highest BCUT2D eigenvalue weighted by atomic mass is 32.1. The second-order valence-electron chi connectivity index (χ2n) is 8.20. The van der Waals surface area contributed by atoms with Crippen LogP contribution in [0.5, 0.6) is 0 Å². The zero-order valence-corrected chi connectivity index (χ0v) is 17.8. The van der Waals surface area contributed by atoms with E-state index in [2.05, 4.69) is 67.8 Å². The zero-order chi connectivity index (χ0) is 20.3. The fourth-order valence-corrected chi connectivity index (χ4v) is 5.31. The van der Waals surface area contributed by atoms with Crippen molar-refractivity contribution in [3.8, 4) is 10.6 Å². The van der Waals surface area contributed by atoms with Crippen molar-refractivity contribution in [1.29, 1.82) is 0 Å². The molecule has 2 saturated heterocycles. The molecule has 1 aromatic carbocycles. The minimum Gasteiger partial charge on any atom is -0.355 e. The molecular formula is C24H26N4OS. The summed E-state index contributed by atoms with van der Waals surface area (Å²) in [5.41, 5.74) is 2.27. The number of hydrogen-bond donors (Lipinski definition) is 0.